The molecule has 1 heterocycles. The van der Waals surface area contributed by atoms with Gasteiger partial charge in [0.2, 0.25) is 0 Å². The fourth-order valence-electron chi connectivity index (χ4n) is 1.24. The maximum atomic E-state index is 11.6. The van der Waals surface area contributed by atoms with E-state index in [2.05, 4.69) is 0 Å². The summed E-state index contributed by atoms with van der Waals surface area (Å²) in [4.78, 5) is 11.6. The van der Waals surface area contributed by atoms with Crippen molar-refractivity contribution < 1.29 is 14.3 Å². The monoisotopic (exact) mass is 192 g/mol. The Morgan fingerprint density at radius 2 is 2.00 bits per heavy atom. The quantitative estimate of drug-likeness (QED) is 0.407. The predicted molar refractivity (Wildman–Crippen MR) is 51.0 cm³/mol. The molecule has 0 bridgehead atoms. The van der Waals surface area contributed by atoms with E-state index in [4.69, 9.17) is 9.47 Å². The second kappa shape index (κ2) is 3.10. The summed E-state index contributed by atoms with van der Waals surface area (Å²) in [5.74, 6) is 0.234. The van der Waals surface area contributed by atoms with Crippen molar-refractivity contribution in [1.29, 1.82) is 0 Å². The van der Waals surface area contributed by atoms with Crippen molar-refractivity contribution in [3.8, 4) is 5.75 Å². The molecule has 3 heteroatoms. The van der Waals surface area contributed by atoms with Crippen LogP contribution < -0.4 is 4.74 Å². The lowest BCUT2D eigenvalue weighted by Crippen LogP contribution is -2.27. The molecule has 2 rings (SSSR count). The van der Waals surface area contributed by atoms with Crippen molar-refractivity contribution in [3.63, 3.8) is 0 Å². The predicted octanol–water partition coefficient (Wildman–Crippen LogP) is 1.77. The second-order valence-corrected chi connectivity index (χ2v) is 3.57. The van der Waals surface area contributed by atoms with Crippen molar-refractivity contribution in [2.24, 2.45) is 0 Å². The van der Waals surface area contributed by atoms with Gasteiger partial charge in [0.25, 0.3) is 0 Å². The minimum absolute atomic E-state index is 0.0429. The molecule has 0 N–H and O–H groups in total. The molecule has 2 atom stereocenters. The molecule has 0 aromatic heterocycles. The summed E-state index contributed by atoms with van der Waals surface area (Å²) in [7, 11) is 0. The topological polar surface area (TPSA) is 38.8 Å². The first-order chi connectivity index (χ1) is 6.63. The highest BCUT2D eigenvalue weighted by Gasteiger charge is 2.57. The lowest BCUT2D eigenvalue weighted by molar-refractivity contribution is -0.139. The molecule has 74 valence electrons. The van der Waals surface area contributed by atoms with Crippen LogP contribution in [0.25, 0.3) is 0 Å². The van der Waals surface area contributed by atoms with Gasteiger partial charge in [0.15, 0.2) is 5.60 Å². The van der Waals surface area contributed by atoms with Gasteiger partial charge in [-0.25, -0.2) is 4.79 Å². The average Bonchev–Trinajstić information content (AvgIpc) is 2.78. The third-order valence-corrected chi connectivity index (χ3v) is 2.50. The van der Waals surface area contributed by atoms with Crippen LogP contribution in [0.4, 0.5) is 0 Å². The number of carbonyl (C=O) groups is 1. The van der Waals surface area contributed by atoms with Crippen LogP contribution in [0, 0.1) is 0 Å². The molecule has 1 saturated heterocycles. The van der Waals surface area contributed by atoms with Crippen LogP contribution in [0.1, 0.15) is 13.8 Å². The van der Waals surface area contributed by atoms with E-state index in [9.17, 15) is 4.79 Å². The number of ether oxygens (including phenoxy) is 2. The molecule has 1 aromatic rings. The Morgan fingerprint density at radius 1 is 1.43 bits per heavy atom. The van der Waals surface area contributed by atoms with E-state index in [1.165, 1.54) is 0 Å². The van der Waals surface area contributed by atoms with Crippen molar-refractivity contribution >= 4 is 5.97 Å². The van der Waals surface area contributed by atoms with Gasteiger partial charge in [-0.15, -0.1) is 0 Å². The van der Waals surface area contributed by atoms with Gasteiger partial charge in [0, 0.05) is 0 Å². The fourth-order valence-corrected chi connectivity index (χ4v) is 1.24. The van der Waals surface area contributed by atoms with Crippen LogP contribution in [-0.2, 0) is 9.53 Å². The Bertz CT molecular complexity index is 347. The van der Waals surface area contributed by atoms with Crippen LogP contribution in [0.3, 0.4) is 0 Å². The zero-order valence-corrected chi connectivity index (χ0v) is 8.19. The molecule has 0 saturated carbocycles. The standard InChI is InChI=1S/C11H12O3/c1-8-11(2,14-8)10(12)13-9-6-4-3-5-7-9/h3-8H,1-2H3. The SMILES string of the molecule is CC1OC1(C)C(=O)Oc1ccccc1. The number of para-hydroxylation sites is 1. The van der Waals surface area contributed by atoms with E-state index in [-0.39, 0.29) is 12.1 Å². The number of epoxide rings is 1. The van der Waals surface area contributed by atoms with Crippen LogP contribution >= 0.6 is 0 Å². The fraction of sp³-hybridized carbons (Fsp3) is 0.364. The summed E-state index contributed by atoms with van der Waals surface area (Å²) in [6.07, 6.45) is -0.0429. The summed E-state index contributed by atoms with van der Waals surface area (Å²) in [5.41, 5.74) is -0.740. The lowest BCUT2D eigenvalue weighted by Gasteiger charge is -2.06. The summed E-state index contributed by atoms with van der Waals surface area (Å²) < 4.78 is 10.3. The van der Waals surface area contributed by atoms with Crippen LogP contribution in [0.2, 0.25) is 0 Å². The van der Waals surface area contributed by atoms with E-state index in [0.29, 0.717) is 5.75 Å². The number of rotatable bonds is 2. The molecule has 0 amide bonds. The molecule has 2 unspecified atom stereocenters. The van der Waals surface area contributed by atoms with Gasteiger partial charge < -0.3 is 9.47 Å². The van der Waals surface area contributed by atoms with Gasteiger partial charge in [0.1, 0.15) is 5.75 Å². The lowest BCUT2D eigenvalue weighted by atomic mass is 10.1. The van der Waals surface area contributed by atoms with E-state index < -0.39 is 5.60 Å². The maximum absolute atomic E-state index is 11.6. The third kappa shape index (κ3) is 1.51. The van der Waals surface area contributed by atoms with Gasteiger partial charge in [0.05, 0.1) is 6.10 Å². The molecule has 1 aliphatic heterocycles. The van der Waals surface area contributed by atoms with E-state index >= 15 is 0 Å². The van der Waals surface area contributed by atoms with Crippen LogP contribution in [-0.4, -0.2) is 17.7 Å². The highest BCUT2D eigenvalue weighted by Crippen LogP contribution is 2.36. The minimum Gasteiger partial charge on any atom is -0.424 e. The molecule has 1 aromatic carbocycles. The van der Waals surface area contributed by atoms with Gasteiger partial charge >= 0.3 is 5.97 Å². The number of hydrogen-bond acceptors (Lipinski definition) is 3. The number of benzene rings is 1. The molecule has 14 heavy (non-hydrogen) atoms. The summed E-state index contributed by atoms with van der Waals surface area (Å²) in [6, 6.07) is 9.00. The van der Waals surface area contributed by atoms with Gasteiger partial charge in [-0.3, -0.25) is 0 Å². The highest BCUT2D eigenvalue weighted by molar-refractivity contribution is 5.84. The first-order valence-corrected chi connectivity index (χ1v) is 4.58. The van der Waals surface area contributed by atoms with Crippen molar-refractivity contribution in [1.82, 2.24) is 0 Å². The van der Waals surface area contributed by atoms with E-state index in [0.717, 1.165) is 0 Å². The Kier molecular flexibility index (Phi) is 2.04. The Balaban J connectivity index is 2.03. The molecule has 3 nitrogen and oxygen atoms in total. The maximum Gasteiger partial charge on any atom is 0.346 e. The zero-order chi connectivity index (χ0) is 10.2. The average molecular weight is 192 g/mol. The van der Waals surface area contributed by atoms with Gasteiger partial charge in [-0.2, -0.15) is 0 Å². The van der Waals surface area contributed by atoms with Crippen molar-refractivity contribution in [3.05, 3.63) is 30.3 Å². The minimum atomic E-state index is -0.740. The van der Waals surface area contributed by atoms with Crippen molar-refractivity contribution in [2.45, 2.75) is 25.6 Å². The summed E-state index contributed by atoms with van der Waals surface area (Å²) >= 11 is 0. The van der Waals surface area contributed by atoms with Crippen molar-refractivity contribution in [2.75, 3.05) is 0 Å². The molecule has 0 spiro atoms. The Labute approximate surface area is 82.6 Å². The molecule has 1 aliphatic rings. The van der Waals surface area contributed by atoms with Crippen LogP contribution in [0.5, 0.6) is 5.75 Å². The molecule has 0 radical (unpaired) electrons. The Morgan fingerprint density at radius 3 is 2.50 bits per heavy atom. The van der Waals surface area contributed by atoms with Gasteiger partial charge in [-0.05, 0) is 26.0 Å². The molecular formula is C11H12O3. The first-order valence-electron chi connectivity index (χ1n) is 4.58. The van der Waals surface area contributed by atoms with E-state index in [1.807, 2.05) is 25.1 Å². The second-order valence-electron chi connectivity index (χ2n) is 3.57. The Hall–Kier alpha value is -1.35. The highest BCUT2D eigenvalue weighted by atomic mass is 16.7. The molecular weight excluding hydrogens is 180 g/mol. The molecule has 0 aliphatic carbocycles. The number of hydrogen-bond donors (Lipinski definition) is 0. The number of carbonyl (C=O) groups excluding carboxylic acids is 1. The normalized spacial score (nSPS) is 29.7. The first kappa shape index (κ1) is 9.21. The zero-order valence-electron chi connectivity index (χ0n) is 8.19. The smallest absolute Gasteiger partial charge is 0.346 e. The van der Waals surface area contributed by atoms with Crippen LogP contribution in [0.15, 0.2) is 30.3 Å². The van der Waals surface area contributed by atoms with Gasteiger partial charge in [-0.1, -0.05) is 18.2 Å². The summed E-state index contributed by atoms with van der Waals surface area (Å²) in [5, 5.41) is 0. The molecule has 1 fully saturated rings. The largest absolute Gasteiger partial charge is 0.424 e. The summed E-state index contributed by atoms with van der Waals surface area (Å²) in [6.45, 7) is 3.59. The van der Waals surface area contributed by atoms with E-state index in [1.54, 1.807) is 19.1 Å². The number of esters is 1. The third-order valence-electron chi connectivity index (χ3n) is 2.50.